The quantitative estimate of drug-likeness (QED) is 0.526. The van der Waals surface area contributed by atoms with Crippen LogP contribution in [0.15, 0.2) is 0 Å². The van der Waals surface area contributed by atoms with Crippen molar-refractivity contribution in [2.45, 2.75) is 25.6 Å². The van der Waals surface area contributed by atoms with Crippen molar-refractivity contribution in [3.05, 3.63) is 0 Å². The van der Waals surface area contributed by atoms with Crippen LogP contribution < -0.4 is 0 Å². The van der Waals surface area contributed by atoms with Crippen LogP contribution in [0.2, 0.25) is 0 Å². The lowest BCUT2D eigenvalue weighted by molar-refractivity contribution is -0.158. The van der Waals surface area contributed by atoms with Crippen molar-refractivity contribution < 1.29 is 20.1 Å². The summed E-state index contributed by atoms with van der Waals surface area (Å²) in [6.45, 7) is 3.16. The van der Waals surface area contributed by atoms with Gasteiger partial charge in [0.2, 0.25) is 0 Å². The van der Waals surface area contributed by atoms with Crippen LogP contribution in [-0.2, 0) is 4.79 Å². The van der Waals surface area contributed by atoms with Crippen molar-refractivity contribution in [3.8, 4) is 0 Å². The molecule has 5 heteroatoms. The summed E-state index contributed by atoms with van der Waals surface area (Å²) in [6.07, 6.45) is -0.533. The van der Waals surface area contributed by atoms with E-state index in [-0.39, 0.29) is 6.54 Å². The molecule has 0 aliphatic heterocycles. The van der Waals surface area contributed by atoms with Gasteiger partial charge in [-0.3, -0.25) is 0 Å². The molecule has 0 amide bonds. The van der Waals surface area contributed by atoms with Crippen LogP contribution in [0.5, 0.6) is 0 Å². The molecule has 0 aromatic rings. The van der Waals surface area contributed by atoms with Gasteiger partial charge in [0.25, 0.3) is 0 Å². The van der Waals surface area contributed by atoms with Crippen molar-refractivity contribution in [2.24, 2.45) is 0 Å². The number of aliphatic carboxylic acids is 1. The summed E-state index contributed by atoms with van der Waals surface area (Å²) in [6, 6.07) is 0. The highest BCUT2D eigenvalue weighted by Crippen LogP contribution is 2.05. The van der Waals surface area contributed by atoms with Gasteiger partial charge in [-0.05, 0) is 20.9 Å². The Balaban J connectivity index is 4.04. The van der Waals surface area contributed by atoms with Gasteiger partial charge >= 0.3 is 5.97 Å². The molecule has 0 heterocycles. The van der Waals surface area contributed by atoms with Crippen LogP contribution in [-0.4, -0.2) is 58.0 Å². The molecule has 0 saturated heterocycles. The first kappa shape index (κ1) is 12.3. The van der Waals surface area contributed by atoms with Gasteiger partial charge in [-0.25, -0.2) is 4.79 Å². The number of likely N-dealkylation sites (N-methyl/N-ethyl adjacent to an activating group) is 1. The summed E-state index contributed by atoms with van der Waals surface area (Å²) in [5.41, 5.74) is -1.76. The molecule has 0 bridgehead atoms. The Bertz CT molecular complexity index is 179. The van der Waals surface area contributed by atoms with Crippen LogP contribution in [0.4, 0.5) is 0 Å². The highest BCUT2D eigenvalue weighted by atomic mass is 16.4. The van der Waals surface area contributed by atoms with Crippen molar-refractivity contribution >= 4 is 5.97 Å². The van der Waals surface area contributed by atoms with E-state index >= 15 is 0 Å². The molecule has 2 unspecified atom stereocenters. The van der Waals surface area contributed by atoms with Crippen LogP contribution >= 0.6 is 0 Å². The minimum Gasteiger partial charge on any atom is -0.479 e. The van der Waals surface area contributed by atoms with Gasteiger partial charge in [-0.2, -0.15) is 0 Å². The van der Waals surface area contributed by atoms with Crippen molar-refractivity contribution in [1.82, 2.24) is 4.90 Å². The van der Waals surface area contributed by atoms with E-state index in [2.05, 4.69) is 0 Å². The lowest BCUT2D eigenvalue weighted by Gasteiger charge is -2.26. The normalized spacial score (nSPS) is 18.3. The van der Waals surface area contributed by atoms with Crippen LogP contribution in [0.3, 0.4) is 0 Å². The average Bonchev–Trinajstić information content (AvgIpc) is 1.82. The zero-order valence-corrected chi connectivity index (χ0v) is 8.19. The molecule has 0 aliphatic rings. The van der Waals surface area contributed by atoms with Gasteiger partial charge in [-0.1, -0.05) is 0 Å². The Labute approximate surface area is 77.6 Å². The van der Waals surface area contributed by atoms with Crippen molar-refractivity contribution in [2.75, 3.05) is 20.1 Å². The third kappa shape index (κ3) is 4.82. The fourth-order valence-corrected chi connectivity index (χ4v) is 1.11. The van der Waals surface area contributed by atoms with E-state index in [1.54, 1.807) is 18.9 Å². The highest BCUT2D eigenvalue weighted by Gasteiger charge is 2.31. The molecule has 0 aromatic carbocycles. The summed E-state index contributed by atoms with van der Waals surface area (Å²) >= 11 is 0. The first-order valence-electron chi connectivity index (χ1n) is 4.08. The minimum atomic E-state index is -1.76. The Morgan fingerprint density at radius 3 is 2.38 bits per heavy atom. The smallest absolute Gasteiger partial charge is 0.336 e. The fourth-order valence-electron chi connectivity index (χ4n) is 1.11. The number of aliphatic hydroxyl groups excluding tert-OH is 1. The second-order valence-electron chi connectivity index (χ2n) is 3.62. The van der Waals surface area contributed by atoms with Gasteiger partial charge in [0.15, 0.2) is 5.60 Å². The first-order valence-corrected chi connectivity index (χ1v) is 4.08. The predicted molar refractivity (Wildman–Crippen MR) is 47.4 cm³/mol. The van der Waals surface area contributed by atoms with Crippen molar-refractivity contribution in [3.63, 3.8) is 0 Å². The standard InChI is InChI=1S/C8H17NO4/c1-6(10)4-9(3)5-8(2,13)7(11)12/h6,10,13H,4-5H2,1-3H3,(H,11,12). The number of hydrogen-bond donors (Lipinski definition) is 3. The SMILES string of the molecule is CC(O)CN(C)CC(C)(O)C(=O)O. The van der Waals surface area contributed by atoms with E-state index in [0.29, 0.717) is 6.54 Å². The molecule has 0 radical (unpaired) electrons. The van der Waals surface area contributed by atoms with E-state index in [1.807, 2.05) is 0 Å². The first-order chi connectivity index (χ1) is 5.75. The van der Waals surface area contributed by atoms with E-state index in [1.165, 1.54) is 6.92 Å². The van der Waals surface area contributed by atoms with Gasteiger partial charge in [0.05, 0.1) is 6.10 Å². The van der Waals surface area contributed by atoms with Crippen LogP contribution in [0.25, 0.3) is 0 Å². The third-order valence-electron chi connectivity index (χ3n) is 1.61. The lowest BCUT2D eigenvalue weighted by Crippen LogP contribution is -2.46. The number of hydrogen-bond acceptors (Lipinski definition) is 4. The molecule has 78 valence electrons. The molecular weight excluding hydrogens is 174 g/mol. The van der Waals surface area contributed by atoms with E-state index in [9.17, 15) is 9.90 Å². The third-order valence-corrected chi connectivity index (χ3v) is 1.61. The molecular formula is C8H17NO4. The summed E-state index contributed by atoms with van der Waals surface area (Å²) in [4.78, 5) is 12.1. The minimum absolute atomic E-state index is 0.00671. The van der Waals surface area contributed by atoms with Gasteiger partial charge in [0, 0.05) is 13.1 Å². The molecule has 2 atom stereocenters. The lowest BCUT2D eigenvalue weighted by atomic mass is 10.1. The van der Waals surface area contributed by atoms with Crippen LogP contribution in [0.1, 0.15) is 13.8 Å². The topological polar surface area (TPSA) is 81.0 Å². The maximum Gasteiger partial charge on any atom is 0.336 e. The summed E-state index contributed by atoms with van der Waals surface area (Å²) in [5.74, 6) is -1.26. The monoisotopic (exact) mass is 191 g/mol. The van der Waals surface area contributed by atoms with Gasteiger partial charge in [-0.15, -0.1) is 0 Å². The number of carbonyl (C=O) groups is 1. The van der Waals surface area contributed by atoms with Gasteiger partial charge < -0.3 is 20.2 Å². The second kappa shape index (κ2) is 4.55. The molecule has 0 aliphatic carbocycles. The Hall–Kier alpha value is -0.650. The molecule has 5 nitrogen and oxygen atoms in total. The largest absolute Gasteiger partial charge is 0.479 e. The zero-order chi connectivity index (χ0) is 10.6. The molecule has 13 heavy (non-hydrogen) atoms. The summed E-state index contributed by atoms with van der Waals surface area (Å²) in [5, 5.41) is 26.9. The fraction of sp³-hybridized carbons (Fsp3) is 0.875. The molecule has 0 rings (SSSR count). The average molecular weight is 191 g/mol. The molecule has 3 N–H and O–H groups in total. The van der Waals surface area contributed by atoms with Gasteiger partial charge in [0.1, 0.15) is 0 Å². The molecule has 0 spiro atoms. The Morgan fingerprint density at radius 2 is 2.08 bits per heavy atom. The second-order valence-corrected chi connectivity index (χ2v) is 3.62. The zero-order valence-electron chi connectivity index (χ0n) is 8.19. The Morgan fingerprint density at radius 1 is 1.62 bits per heavy atom. The van der Waals surface area contributed by atoms with Crippen LogP contribution in [0, 0.1) is 0 Å². The van der Waals surface area contributed by atoms with E-state index in [4.69, 9.17) is 10.2 Å². The van der Waals surface area contributed by atoms with E-state index in [0.717, 1.165) is 0 Å². The number of nitrogens with zero attached hydrogens (tertiary/aromatic N) is 1. The highest BCUT2D eigenvalue weighted by molar-refractivity contribution is 5.76. The number of rotatable bonds is 5. The molecule has 0 aromatic heterocycles. The number of aliphatic hydroxyl groups is 2. The summed E-state index contributed by atoms with van der Waals surface area (Å²) < 4.78 is 0. The Kier molecular flexibility index (Phi) is 4.32. The molecule has 0 saturated carbocycles. The maximum atomic E-state index is 10.5. The molecule has 0 fully saturated rings. The summed E-state index contributed by atoms with van der Waals surface area (Å²) in [7, 11) is 1.64. The maximum absolute atomic E-state index is 10.5. The predicted octanol–water partition coefficient (Wildman–Crippen LogP) is -0.865. The number of carboxylic acids is 1. The van der Waals surface area contributed by atoms with E-state index < -0.39 is 17.7 Å². The number of carboxylic acid groups (broad SMARTS) is 1. The van der Waals surface area contributed by atoms with Crippen molar-refractivity contribution in [1.29, 1.82) is 0 Å².